The van der Waals surface area contributed by atoms with Gasteiger partial charge in [-0.3, -0.25) is 4.21 Å². The Balaban J connectivity index is 1.83. The number of hydrogen-bond donors (Lipinski definition) is 1. The van der Waals surface area contributed by atoms with Crippen LogP contribution in [-0.2, 0) is 10.8 Å². The minimum atomic E-state index is -0.696. The van der Waals surface area contributed by atoms with Crippen LogP contribution >= 0.6 is 0 Å². The van der Waals surface area contributed by atoms with Gasteiger partial charge in [0.05, 0.1) is 5.52 Å². The summed E-state index contributed by atoms with van der Waals surface area (Å²) in [5, 5.41) is 5.01. The van der Waals surface area contributed by atoms with Crippen LogP contribution in [0, 0.1) is 6.92 Å². The Labute approximate surface area is 134 Å². The van der Waals surface area contributed by atoms with Gasteiger partial charge in [0.2, 0.25) is 0 Å². The molecule has 3 atom stereocenters. The van der Waals surface area contributed by atoms with Crippen LogP contribution in [0.15, 0.2) is 24.5 Å². The number of benzene rings is 1. The van der Waals surface area contributed by atoms with Crippen LogP contribution in [0.5, 0.6) is 0 Å². The second-order valence-electron chi connectivity index (χ2n) is 5.99. The van der Waals surface area contributed by atoms with E-state index in [0.717, 1.165) is 48.2 Å². The Bertz CT molecular complexity index is 683. The van der Waals surface area contributed by atoms with Gasteiger partial charge in [-0.1, -0.05) is 25.5 Å². The SMILES string of the molecule is CCS(=O)C1CCCC(Nc2ncnc3cccc(C)c23)C1. The fourth-order valence-corrected chi connectivity index (χ4v) is 4.68. The first-order chi connectivity index (χ1) is 10.7. The molecule has 0 aliphatic heterocycles. The number of nitrogens with one attached hydrogen (secondary N) is 1. The fourth-order valence-electron chi connectivity index (χ4n) is 3.33. The Morgan fingerprint density at radius 1 is 1.32 bits per heavy atom. The van der Waals surface area contributed by atoms with Crippen LogP contribution in [0.1, 0.15) is 38.2 Å². The van der Waals surface area contributed by atoms with Crippen molar-refractivity contribution in [1.82, 2.24) is 9.97 Å². The zero-order chi connectivity index (χ0) is 15.5. The average Bonchev–Trinajstić information content (AvgIpc) is 2.55. The topological polar surface area (TPSA) is 54.9 Å². The molecule has 3 rings (SSSR count). The quantitative estimate of drug-likeness (QED) is 0.938. The number of nitrogens with zero attached hydrogens (tertiary/aromatic N) is 2. The second kappa shape index (κ2) is 6.73. The smallest absolute Gasteiger partial charge is 0.137 e. The van der Waals surface area contributed by atoms with Crippen molar-refractivity contribution in [1.29, 1.82) is 0 Å². The summed E-state index contributed by atoms with van der Waals surface area (Å²) in [5.41, 5.74) is 2.16. The van der Waals surface area contributed by atoms with E-state index in [1.807, 2.05) is 19.1 Å². The van der Waals surface area contributed by atoms with Crippen LogP contribution < -0.4 is 5.32 Å². The van der Waals surface area contributed by atoms with Crippen molar-refractivity contribution < 1.29 is 4.21 Å². The normalized spacial score (nSPS) is 23.4. The maximum Gasteiger partial charge on any atom is 0.137 e. The molecular formula is C17H23N3OS. The van der Waals surface area contributed by atoms with Gasteiger partial charge in [0.25, 0.3) is 0 Å². The van der Waals surface area contributed by atoms with E-state index in [2.05, 4.69) is 28.3 Å². The van der Waals surface area contributed by atoms with Crippen LogP contribution in [0.3, 0.4) is 0 Å². The third-order valence-corrected chi connectivity index (χ3v) is 6.24. The van der Waals surface area contributed by atoms with Crippen molar-refractivity contribution in [2.24, 2.45) is 0 Å². The van der Waals surface area contributed by atoms with E-state index in [9.17, 15) is 4.21 Å². The highest BCUT2D eigenvalue weighted by atomic mass is 32.2. The number of fused-ring (bicyclic) bond motifs is 1. The molecular weight excluding hydrogens is 294 g/mol. The largest absolute Gasteiger partial charge is 0.367 e. The monoisotopic (exact) mass is 317 g/mol. The molecule has 3 unspecified atom stereocenters. The number of rotatable bonds is 4. The highest BCUT2D eigenvalue weighted by Gasteiger charge is 2.26. The summed E-state index contributed by atoms with van der Waals surface area (Å²) >= 11 is 0. The van der Waals surface area contributed by atoms with E-state index in [-0.39, 0.29) is 0 Å². The Kier molecular flexibility index (Phi) is 4.71. The molecule has 0 saturated heterocycles. The predicted molar refractivity (Wildman–Crippen MR) is 92.6 cm³/mol. The first-order valence-electron chi connectivity index (χ1n) is 8.03. The van der Waals surface area contributed by atoms with Gasteiger partial charge in [-0.25, -0.2) is 9.97 Å². The number of hydrogen-bond acceptors (Lipinski definition) is 4. The van der Waals surface area contributed by atoms with Gasteiger partial charge in [-0.15, -0.1) is 0 Å². The lowest BCUT2D eigenvalue weighted by Crippen LogP contribution is -2.33. The number of aryl methyl sites for hydroxylation is 1. The van der Waals surface area contributed by atoms with Crippen molar-refractivity contribution in [3.05, 3.63) is 30.1 Å². The van der Waals surface area contributed by atoms with E-state index in [1.54, 1.807) is 6.33 Å². The molecule has 0 amide bonds. The molecule has 1 heterocycles. The molecule has 1 fully saturated rings. The van der Waals surface area contributed by atoms with Gasteiger partial charge < -0.3 is 5.32 Å². The lowest BCUT2D eigenvalue weighted by molar-refractivity contribution is 0.464. The molecule has 1 aromatic heterocycles. The molecule has 0 spiro atoms. The molecule has 0 bridgehead atoms. The summed E-state index contributed by atoms with van der Waals surface area (Å²) < 4.78 is 12.1. The molecule has 22 heavy (non-hydrogen) atoms. The molecule has 1 aliphatic carbocycles. The predicted octanol–water partition coefficient (Wildman–Crippen LogP) is 3.43. The van der Waals surface area contributed by atoms with Crippen molar-refractivity contribution in [3.8, 4) is 0 Å². The summed E-state index contributed by atoms with van der Waals surface area (Å²) in [6.07, 6.45) is 5.93. The van der Waals surface area contributed by atoms with Crippen molar-refractivity contribution in [2.75, 3.05) is 11.1 Å². The summed E-state index contributed by atoms with van der Waals surface area (Å²) in [7, 11) is -0.696. The van der Waals surface area contributed by atoms with Crippen LogP contribution in [0.2, 0.25) is 0 Å². The first kappa shape index (κ1) is 15.4. The third kappa shape index (κ3) is 3.14. The molecule has 1 N–H and O–H groups in total. The summed E-state index contributed by atoms with van der Waals surface area (Å²) in [6.45, 7) is 4.10. The van der Waals surface area contributed by atoms with Crippen LogP contribution in [0.25, 0.3) is 10.9 Å². The van der Waals surface area contributed by atoms with Crippen LogP contribution in [0.4, 0.5) is 5.82 Å². The van der Waals surface area contributed by atoms with Crippen molar-refractivity contribution in [3.63, 3.8) is 0 Å². The van der Waals surface area contributed by atoms with Gasteiger partial charge in [-0.2, -0.15) is 0 Å². The average molecular weight is 317 g/mol. The lowest BCUT2D eigenvalue weighted by Gasteiger charge is -2.29. The fraction of sp³-hybridized carbons (Fsp3) is 0.529. The second-order valence-corrected chi connectivity index (χ2v) is 8.00. The summed E-state index contributed by atoms with van der Waals surface area (Å²) in [5.74, 6) is 1.67. The summed E-state index contributed by atoms with van der Waals surface area (Å²) in [6, 6.07) is 6.49. The Hall–Kier alpha value is -1.49. The standard InChI is InChI=1S/C17H23N3OS/c1-3-22(21)14-8-5-7-13(10-14)20-17-16-12(2)6-4-9-15(16)18-11-19-17/h4,6,9,11,13-14H,3,5,7-8,10H2,1-2H3,(H,18,19,20). The zero-order valence-corrected chi connectivity index (χ0v) is 14.0. The zero-order valence-electron chi connectivity index (χ0n) is 13.2. The number of anilines is 1. The minimum absolute atomic E-state index is 0.324. The van der Waals surface area contributed by atoms with Gasteiger partial charge in [0.15, 0.2) is 0 Å². The van der Waals surface area contributed by atoms with Gasteiger partial charge >= 0.3 is 0 Å². The van der Waals surface area contributed by atoms with E-state index in [4.69, 9.17) is 0 Å². The van der Waals surface area contributed by atoms with Gasteiger partial charge in [0.1, 0.15) is 12.1 Å². The highest BCUT2D eigenvalue weighted by molar-refractivity contribution is 7.85. The van der Waals surface area contributed by atoms with Gasteiger partial charge in [0, 0.05) is 33.2 Å². The lowest BCUT2D eigenvalue weighted by atomic mass is 9.94. The molecule has 1 saturated carbocycles. The van der Waals surface area contributed by atoms with Crippen LogP contribution in [-0.4, -0.2) is 31.2 Å². The maximum atomic E-state index is 12.1. The molecule has 2 aromatic rings. The Morgan fingerprint density at radius 2 is 2.18 bits per heavy atom. The molecule has 5 heteroatoms. The maximum absolute atomic E-state index is 12.1. The third-order valence-electron chi connectivity index (χ3n) is 4.49. The van der Waals surface area contributed by atoms with Crippen molar-refractivity contribution in [2.45, 2.75) is 50.8 Å². The molecule has 4 nitrogen and oxygen atoms in total. The van der Waals surface area contributed by atoms with E-state index >= 15 is 0 Å². The van der Waals surface area contributed by atoms with E-state index < -0.39 is 10.8 Å². The minimum Gasteiger partial charge on any atom is -0.367 e. The van der Waals surface area contributed by atoms with Gasteiger partial charge in [-0.05, 0) is 37.8 Å². The summed E-state index contributed by atoms with van der Waals surface area (Å²) in [4.78, 5) is 8.81. The molecule has 118 valence electrons. The molecule has 1 aliphatic rings. The first-order valence-corrected chi connectivity index (χ1v) is 9.41. The number of aromatic nitrogens is 2. The molecule has 1 aromatic carbocycles. The molecule has 0 radical (unpaired) electrons. The van der Waals surface area contributed by atoms with E-state index in [0.29, 0.717) is 11.3 Å². The van der Waals surface area contributed by atoms with E-state index in [1.165, 1.54) is 5.56 Å². The highest BCUT2D eigenvalue weighted by Crippen LogP contribution is 2.28. The Morgan fingerprint density at radius 3 is 3.00 bits per heavy atom. The van der Waals surface area contributed by atoms with Crippen molar-refractivity contribution >= 4 is 27.5 Å².